The van der Waals surface area contributed by atoms with Crippen LogP contribution in [-0.4, -0.2) is 55.6 Å². The fourth-order valence-corrected chi connectivity index (χ4v) is 4.95. The summed E-state index contributed by atoms with van der Waals surface area (Å²) in [5, 5.41) is 9.95. The van der Waals surface area contributed by atoms with Crippen LogP contribution in [0.3, 0.4) is 0 Å². The van der Waals surface area contributed by atoms with Crippen LogP contribution in [0, 0.1) is 0 Å². The van der Waals surface area contributed by atoms with Crippen molar-refractivity contribution in [3.63, 3.8) is 0 Å². The number of hydrogen-bond acceptors (Lipinski definition) is 6. The number of allylic oxidation sites excluding steroid dienone is 2. The quantitative estimate of drug-likeness (QED) is 0.621. The van der Waals surface area contributed by atoms with Crippen molar-refractivity contribution in [3.8, 4) is 5.75 Å². The molecule has 1 aromatic rings. The lowest BCUT2D eigenvalue weighted by atomic mass is 10.0. The molecule has 1 fully saturated rings. The van der Waals surface area contributed by atoms with Crippen LogP contribution in [0.5, 0.6) is 5.75 Å². The molecule has 2 unspecified atom stereocenters. The number of ether oxygens (including phenoxy) is 1. The van der Waals surface area contributed by atoms with Gasteiger partial charge in [-0.3, -0.25) is 9.79 Å². The lowest BCUT2D eigenvalue weighted by molar-refractivity contribution is 0.0916. The molecule has 0 saturated carbocycles. The second-order valence-corrected chi connectivity index (χ2v) is 8.83. The van der Waals surface area contributed by atoms with E-state index in [2.05, 4.69) is 38.8 Å². The average molecular weight is 446 g/mol. The highest BCUT2D eigenvalue weighted by atomic mass is 35.5. The summed E-state index contributed by atoms with van der Waals surface area (Å²) in [6.45, 7) is 4.69. The maximum atomic E-state index is 13.1. The molecule has 2 heterocycles. The fourth-order valence-electron chi connectivity index (χ4n) is 4.74. The van der Waals surface area contributed by atoms with Crippen molar-refractivity contribution in [3.05, 3.63) is 34.5 Å². The van der Waals surface area contributed by atoms with Gasteiger partial charge in [0.1, 0.15) is 5.75 Å². The molecule has 7 nitrogen and oxygen atoms in total. The number of amides is 1. The topological polar surface area (TPSA) is 78.0 Å². The van der Waals surface area contributed by atoms with Crippen LogP contribution in [0.25, 0.3) is 0 Å². The summed E-state index contributed by atoms with van der Waals surface area (Å²) in [5.74, 6) is 0.986. The number of methoxy groups -OCH3 is 1. The van der Waals surface area contributed by atoms with Gasteiger partial charge in [-0.25, -0.2) is 0 Å². The summed E-state index contributed by atoms with van der Waals surface area (Å²) in [6.07, 6.45) is 9.49. The van der Waals surface area contributed by atoms with Gasteiger partial charge in [-0.2, -0.15) is 0 Å². The maximum Gasteiger partial charge on any atom is 0.255 e. The van der Waals surface area contributed by atoms with Gasteiger partial charge in [0.05, 0.1) is 29.9 Å². The van der Waals surface area contributed by atoms with Crippen molar-refractivity contribution in [2.75, 3.05) is 32.1 Å². The number of nitrogens with one attached hydrogen (secondary N) is 3. The Morgan fingerprint density at radius 1 is 1.35 bits per heavy atom. The fraction of sp³-hybridized carbons (Fsp3) is 0.565. The normalized spacial score (nSPS) is 21.8. The summed E-state index contributed by atoms with van der Waals surface area (Å²) in [4.78, 5) is 20.0. The first-order valence-corrected chi connectivity index (χ1v) is 11.6. The summed E-state index contributed by atoms with van der Waals surface area (Å²) in [7, 11) is 1.56. The van der Waals surface area contributed by atoms with E-state index in [0.717, 1.165) is 45.3 Å². The van der Waals surface area contributed by atoms with Crippen LogP contribution < -0.4 is 20.7 Å². The van der Waals surface area contributed by atoms with Gasteiger partial charge in [-0.1, -0.05) is 17.7 Å². The van der Waals surface area contributed by atoms with Crippen LogP contribution in [0.15, 0.2) is 28.9 Å². The third kappa shape index (κ3) is 4.92. The Bertz CT molecular complexity index is 885. The van der Waals surface area contributed by atoms with Crippen molar-refractivity contribution in [1.82, 2.24) is 15.5 Å². The SMILES string of the molecule is COc1cc(NC2=NCCN2)c(Cl)cc1C(=O)NC(C)C1CCCN1C1=CCCCC1. The molecule has 8 heteroatoms. The minimum atomic E-state index is -0.168. The molecule has 3 aliphatic rings. The summed E-state index contributed by atoms with van der Waals surface area (Å²) in [6, 6.07) is 3.76. The van der Waals surface area contributed by atoms with Crippen molar-refractivity contribution in [2.45, 2.75) is 57.5 Å². The third-order valence-electron chi connectivity index (χ3n) is 6.33. The van der Waals surface area contributed by atoms with Gasteiger partial charge in [-0.05, 0) is 51.5 Å². The first-order chi connectivity index (χ1) is 15.1. The number of carbonyl (C=O) groups excluding carboxylic acids is 1. The average Bonchev–Trinajstić information content (AvgIpc) is 3.47. The van der Waals surface area contributed by atoms with E-state index in [4.69, 9.17) is 16.3 Å². The van der Waals surface area contributed by atoms with Gasteiger partial charge in [0, 0.05) is 36.9 Å². The number of anilines is 1. The molecule has 0 bridgehead atoms. The summed E-state index contributed by atoms with van der Waals surface area (Å²) in [5.41, 5.74) is 2.55. The molecule has 3 N–H and O–H groups in total. The monoisotopic (exact) mass is 445 g/mol. The number of aliphatic imine (C=N–C) groups is 1. The van der Waals surface area contributed by atoms with Crippen molar-refractivity contribution < 1.29 is 9.53 Å². The number of hydrogen-bond donors (Lipinski definition) is 3. The molecule has 168 valence electrons. The highest BCUT2D eigenvalue weighted by Crippen LogP contribution is 2.33. The zero-order valence-electron chi connectivity index (χ0n) is 18.3. The second kappa shape index (κ2) is 9.81. The Balaban J connectivity index is 1.47. The zero-order valence-corrected chi connectivity index (χ0v) is 19.1. The summed E-state index contributed by atoms with van der Waals surface area (Å²) >= 11 is 6.47. The zero-order chi connectivity index (χ0) is 21.8. The molecule has 1 amide bonds. The van der Waals surface area contributed by atoms with Crippen molar-refractivity contribution >= 4 is 29.2 Å². The Labute approximate surface area is 189 Å². The molecular formula is C23H32ClN5O2. The van der Waals surface area contributed by atoms with E-state index < -0.39 is 0 Å². The molecule has 1 aromatic carbocycles. The van der Waals surface area contributed by atoms with E-state index in [0.29, 0.717) is 34.0 Å². The maximum absolute atomic E-state index is 13.1. The van der Waals surface area contributed by atoms with Crippen LogP contribution in [0.4, 0.5) is 5.69 Å². The smallest absolute Gasteiger partial charge is 0.255 e. The van der Waals surface area contributed by atoms with E-state index in [1.807, 2.05) is 0 Å². The van der Waals surface area contributed by atoms with Crippen molar-refractivity contribution in [1.29, 1.82) is 0 Å². The minimum Gasteiger partial charge on any atom is -0.496 e. The predicted molar refractivity (Wildman–Crippen MR) is 125 cm³/mol. The Morgan fingerprint density at radius 3 is 2.94 bits per heavy atom. The van der Waals surface area contributed by atoms with Crippen LogP contribution in [-0.2, 0) is 0 Å². The molecule has 1 aliphatic carbocycles. The first-order valence-electron chi connectivity index (χ1n) is 11.3. The highest BCUT2D eigenvalue weighted by Gasteiger charge is 2.32. The molecule has 4 rings (SSSR count). The predicted octanol–water partition coefficient (Wildman–Crippen LogP) is 3.76. The largest absolute Gasteiger partial charge is 0.496 e. The van der Waals surface area contributed by atoms with Gasteiger partial charge in [-0.15, -0.1) is 0 Å². The van der Waals surface area contributed by atoms with E-state index in [1.165, 1.54) is 18.5 Å². The lowest BCUT2D eigenvalue weighted by Gasteiger charge is -2.35. The lowest BCUT2D eigenvalue weighted by Crippen LogP contribution is -2.47. The molecule has 31 heavy (non-hydrogen) atoms. The van der Waals surface area contributed by atoms with E-state index >= 15 is 0 Å². The molecule has 0 radical (unpaired) electrons. The van der Waals surface area contributed by atoms with E-state index in [9.17, 15) is 4.79 Å². The molecule has 1 saturated heterocycles. The van der Waals surface area contributed by atoms with Crippen molar-refractivity contribution in [2.24, 2.45) is 4.99 Å². The first kappa shape index (κ1) is 21.8. The minimum absolute atomic E-state index is 0.0242. The van der Waals surface area contributed by atoms with Gasteiger partial charge >= 0.3 is 0 Å². The molecule has 0 spiro atoms. The standard InChI is InChI=1S/C23H32ClN5O2/c1-15(20-9-6-12-29(20)16-7-4-3-5-8-16)27-22(30)17-13-18(24)19(14-21(17)31-2)28-23-25-10-11-26-23/h7,13-15,20H,3-6,8-12H2,1-2H3,(H,27,30)(H2,25,26,28). The Morgan fingerprint density at radius 2 is 2.23 bits per heavy atom. The molecule has 2 atom stereocenters. The van der Waals surface area contributed by atoms with Gasteiger partial charge < -0.3 is 25.6 Å². The van der Waals surface area contributed by atoms with Crippen LogP contribution in [0.2, 0.25) is 5.02 Å². The number of benzene rings is 1. The molecule has 2 aliphatic heterocycles. The Kier molecular flexibility index (Phi) is 6.90. The number of guanidine groups is 1. The Hall–Kier alpha value is -2.41. The van der Waals surface area contributed by atoms with Crippen LogP contribution in [0.1, 0.15) is 55.8 Å². The second-order valence-electron chi connectivity index (χ2n) is 8.42. The molecular weight excluding hydrogens is 414 g/mol. The summed E-state index contributed by atoms with van der Waals surface area (Å²) < 4.78 is 5.51. The molecule has 0 aromatic heterocycles. The van der Waals surface area contributed by atoms with Gasteiger partial charge in [0.2, 0.25) is 0 Å². The van der Waals surface area contributed by atoms with Crippen LogP contribution >= 0.6 is 11.6 Å². The number of rotatable bonds is 6. The number of halogens is 1. The van der Waals surface area contributed by atoms with Gasteiger partial charge in [0.25, 0.3) is 5.91 Å². The number of likely N-dealkylation sites (tertiary alicyclic amines) is 1. The number of nitrogens with zero attached hydrogens (tertiary/aromatic N) is 2. The van der Waals surface area contributed by atoms with E-state index in [1.54, 1.807) is 19.2 Å². The number of carbonyl (C=O) groups is 1. The van der Waals surface area contributed by atoms with Gasteiger partial charge in [0.15, 0.2) is 5.96 Å². The van der Waals surface area contributed by atoms with E-state index in [-0.39, 0.29) is 11.9 Å². The highest BCUT2D eigenvalue weighted by molar-refractivity contribution is 6.34. The third-order valence-corrected chi connectivity index (χ3v) is 6.64.